The predicted molar refractivity (Wildman–Crippen MR) is 88.0 cm³/mol. The Morgan fingerprint density at radius 3 is 2.57 bits per heavy atom. The second-order valence-electron chi connectivity index (χ2n) is 6.93. The van der Waals surface area contributed by atoms with Crippen LogP contribution in [0.5, 0.6) is 0 Å². The van der Waals surface area contributed by atoms with Gasteiger partial charge in [-0.1, -0.05) is 20.8 Å². The molecule has 1 atom stereocenters. The maximum absolute atomic E-state index is 12.9. The fourth-order valence-corrected chi connectivity index (χ4v) is 5.03. The van der Waals surface area contributed by atoms with Gasteiger partial charge in [-0.2, -0.15) is 4.31 Å². The molecule has 1 unspecified atom stereocenters. The fourth-order valence-electron chi connectivity index (χ4n) is 2.12. The first-order valence-electron chi connectivity index (χ1n) is 7.42. The van der Waals surface area contributed by atoms with Gasteiger partial charge >= 0.3 is 0 Å². The molecule has 2 rings (SSSR count). The molecule has 0 radical (unpaired) electrons. The van der Waals surface area contributed by atoms with E-state index < -0.39 is 10.0 Å². The van der Waals surface area contributed by atoms with Crippen molar-refractivity contribution in [3.05, 3.63) is 16.3 Å². The van der Waals surface area contributed by atoms with Gasteiger partial charge in [0.25, 0.3) is 0 Å². The molecule has 1 aromatic heterocycles. The summed E-state index contributed by atoms with van der Waals surface area (Å²) < 4.78 is 27.2. The molecule has 0 amide bonds. The lowest BCUT2D eigenvalue weighted by Crippen LogP contribution is -2.43. The normalized spacial score (nSPS) is 18.2. The van der Waals surface area contributed by atoms with E-state index in [0.29, 0.717) is 17.5 Å². The summed E-state index contributed by atoms with van der Waals surface area (Å²) in [7, 11) is -1.75. The van der Waals surface area contributed by atoms with Gasteiger partial charge in [-0.3, -0.25) is 0 Å². The largest absolute Gasteiger partial charge is 0.309 e. The Kier molecular flexibility index (Phi) is 4.83. The lowest BCUT2D eigenvalue weighted by molar-refractivity contribution is 0.216. The highest BCUT2D eigenvalue weighted by Crippen LogP contribution is 2.31. The Balaban J connectivity index is 2.20. The lowest BCUT2D eigenvalue weighted by atomic mass is 9.88. The summed E-state index contributed by atoms with van der Waals surface area (Å²) >= 11 is 1.51. The van der Waals surface area contributed by atoms with E-state index in [1.807, 2.05) is 12.3 Å². The lowest BCUT2D eigenvalue weighted by Gasteiger charge is -2.34. The van der Waals surface area contributed by atoms with Crippen LogP contribution >= 0.6 is 11.3 Å². The molecule has 1 aliphatic rings. The molecule has 120 valence electrons. The predicted octanol–water partition coefficient (Wildman–Crippen LogP) is 3.06. The second kappa shape index (κ2) is 5.99. The topological polar surface area (TPSA) is 49.4 Å². The molecule has 0 spiro atoms. The summed E-state index contributed by atoms with van der Waals surface area (Å²) in [6.45, 7) is 8.80. The number of nitrogens with one attached hydrogen (secondary N) is 1. The maximum atomic E-state index is 12.9. The van der Waals surface area contributed by atoms with Crippen LogP contribution in [0.25, 0.3) is 0 Å². The van der Waals surface area contributed by atoms with Crippen LogP contribution in [0, 0.1) is 5.41 Å². The van der Waals surface area contributed by atoms with Gasteiger partial charge in [0.05, 0.1) is 4.90 Å². The highest BCUT2D eigenvalue weighted by Gasteiger charge is 2.34. The second-order valence-corrected chi connectivity index (χ2v) is 9.89. The third kappa shape index (κ3) is 3.86. The summed E-state index contributed by atoms with van der Waals surface area (Å²) in [6, 6.07) is 2.25. The SMILES string of the molecule is CC(N(C)S(=O)(=O)c1ccsc1CNC1CC1)C(C)(C)C. The molecule has 1 saturated carbocycles. The molecule has 1 fully saturated rings. The Morgan fingerprint density at radius 2 is 2.05 bits per heavy atom. The first-order chi connectivity index (χ1) is 9.64. The Labute approximate surface area is 132 Å². The highest BCUT2D eigenvalue weighted by molar-refractivity contribution is 7.89. The van der Waals surface area contributed by atoms with Crippen LogP contribution in [0.4, 0.5) is 0 Å². The van der Waals surface area contributed by atoms with Gasteiger partial charge in [-0.25, -0.2) is 8.42 Å². The van der Waals surface area contributed by atoms with E-state index >= 15 is 0 Å². The van der Waals surface area contributed by atoms with Crippen LogP contribution in [0.2, 0.25) is 0 Å². The first kappa shape index (κ1) is 16.9. The molecule has 6 heteroatoms. The first-order valence-corrected chi connectivity index (χ1v) is 9.74. The molecule has 1 heterocycles. The van der Waals surface area contributed by atoms with Gasteiger partial charge in [-0.05, 0) is 36.6 Å². The zero-order valence-electron chi connectivity index (χ0n) is 13.5. The van der Waals surface area contributed by atoms with E-state index in [0.717, 1.165) is 4.88 Å². The standard InChI is InChI=1S/C15H26N2O2S2/c1-11(15(2,3)4)17(5)21(18,19)14-8-9-20-13(14)10-16-12-6-7-12/h8-9,11-12,16H,6-7,10H2,1-5H3. The van der Waals surface area contributed by atoms with Crippen LogP contribution in [0.15, 0.2) is 16.3 Å². The van der Waals surface area contributed by atoms with Crippen LogP contribution in [-0.2, 0) is 16.6 Å². The quantitative estimate of drug-likeness (QED) is 0.872. The van der Waals surface area contributed by atoms with Gasteiger partial charge in [-0.15, -0.1) is 11.3 Å². The molecule has 0 aliphatic heterocycles. The van der Waals surface area contributed by atoms with E-state index in [1.54, 1.807) is 13.1 Å². The molecule has 0 saturated heterocycles. The van der Waals surface area contributed by atoms with Crippen molar-refractivity contribution in [1.29, 1.82) is 0 Å². The van der Waals surface area contributed by atoms with Gasteiger partial charge in [0.2, 0.25) is 10.0 Å². The molecule has 4 nitrogen and oxygen atoms in total. The van der Waals surface area contributed by atoms with Crippen molar-refractivity contribution >= 4 is 21.4 Å². The maximum Gasteiger partial charge on any atom is 0.244 e. The number of hydrogen-bond donors (Lipinski definition) is 1. The molecule has 1 aromatic rings. The summed E-state index contributed by atoms with van der Waals surface area (Å²) in [5.74, 6) is 0. The average Bonchev–Trinajstić information content (AvgIpc) is 3.09. The minimum absolute atomic E-state index is 0.0633. The van der Waals surface area contributed by atoms with Crippen LogP contribution < -0.4 is 5.32 Å². The van der Waals surface area contributed by atoms with Crippen LogP contribution in [-0.4, -0.2) is 31.9 Å². The molecule has 21 heavy (non-hydrogen) atoms. The van der Waals surface area contributed by atoms with E-state index in [-0.39, 0.29) is 11.5 Å². The Bertz CT molecular complexity index is 583. The Morgan fingerprint density at radius 1 is 1.43 bits per heavy atom. The number of sulfonamides is 1. The average molecular weight is 331 g/mol. The molecule has 0 bridgehead atoms. The Hall–Kier alpha value is -0.430. The summed E-state index contributed by atoms with van der Waals surface area (Å²) in [5.41, 5.74) is -0.0930. The van der Waals surface area contributed by atoms with Crippen molar-refractivity contribution in [1.82, 2.24) is 9.62 Å². The van der Waals surface area contributed by atoms with Crippen molar-refractivity contribution in [2.75, 3.05) is 7.05 Å². The summed E-state index contributed by atoms with van der Waals surface area (Å²) in [6.07, 6.45) is 2.41. The molecular weight excluding hydrogens is 304 g/mol. The van der Waals surface area contributed by atoms with Crippen molar-refractivity contribution in [2.24, 2.45) is 5.41 Å². The third-order valence-electron chi connectivity index (χ3n) is 4.29. The zero-order valence-corrected chi connectivity index (χ0v) is 15.1. The molecular formula is C15H26N2O2S2. The van der Waals surface area contributed by atoms with Gasteiger partial charge in [0, 0.05) is 30.6 Å². The van der Waals surface area contributed by atoms with Crippen molar-refractivity contribution in [3.8, 4) is 0 Å². The third-order valence-corrected chi connectivity index (χ3v) is 7.35. The highest BCUT2D eigenvalue weighted by atomic mass is 32.2. The van der Waals surface area contributed by atoms with Crippen molar-refractivity contribution < 1.29 is 8.42 Å². The summed E-state index contributed by atoms with van der Waals surface area (Å²) in [5, 5.41) is 5.26. The molecule has 1 aliphatic carbocycles. The van der Waals surface area contributed by atoms with Crippen LogP contribution in [0.1, 0.15) is 45.4 Å². The van der Waals surface area contributed by atoms with Crippen molar-refractivity contribution in [2.45, 2.75) is 64.1 Å². The number of rotatable bonds is 6. The number of hydrogen-bond acceptors (Lipinski definition) is 4. The monoisotopic (exact) mass is 330 g/mol. The van der Waals surface area contributed by atoms with Gasteiger partial charge in [0.1, 0.15) is 0 Å². The molecule has 0 aromatic carbocycles. The van der Waals surface area contributed by atoms with E-state index in [9.17, 15) is 8.42 Å². The number of nitrogens with zero attached hydrogens (tertiary/aromatic N) is 1. The van der Waals surface area contributed by atoms with E-state index in [1.165, 1.54) is 28.5 Å². The van der Waals surface area contributed by atoms with E-state index in [2.05, 4.69) is 26.1 Å². The van der Waals surface area contributed by atoms with Gasteiger partial charge in [0.15, 0.2) is 0 Å². The summed E-state index contributed by atoms with van der Waals surface area (Å²) in [4.78, 5) is 1.37. The zero-order chi connectivity index (χ0) is 15.8. The minimum Gasteiger partial charge on any atom is -0.309 e. The minimum atomic E-state index is -3.43. The number of thiophene rings is 1. The van der Waals surface area contributed by atoms with Crippen LogP contribution in [0.3, 0.4) is 0 Å². The van der Waals surface area contributed by atoms with Crippen molar-refractivity contribution in [3.63, 3.8) is 0 Å². The molecule has 1 N–H and O–H groups in total. The van der Waals surface area contributed by atoms with E-state index in [4.69, 9.17) is 0 Å². The smallest absolute Gasteiger partial charge is 0.244 e. The van der Waals surface area contributed by atoms with Gasteiger partial charge < -0.3 is 5.32 Å². The fraction of sp³-hybridized carbons (Fsp3) is 0.733.